The first-order valence-corrected chi connectivity index (χ1v) is 8.79. The second-order valence-corrected chi connectivity index (χ2v) is 7.79. The maximum absolute atomic E-state index is 13.3. The quantitative estimate of drug-likeness (QED) is 0.747. The van der Waals surface area contributed by atoms with Gasteiger partial charge in [-0.25, -0.2) is 4.98 Å². The van der Waals surface area contributed by atoms with E-state index in [4.69, 9.17) is 12.2 Å². The zero-order chi connectivity index (χ0) is 19.8. The van der Waals surface area contributed by atoms with Gasteiger partial charge in [0.2, 0.25) is 5.95 Å². The van der Waals surface area contributed by atoms with Crippen molar-refractivity contribution in [3.63, 3.8) is 0 Å². The highest BCUT2D eigenvalue weighted by Crippen LogP contribution is 2.33. The highest BCUT2D eigenvalue weighted by atomic mass is 32.1. The Hall–Kier alpha value is -2.42. The average molecular weight is 395 g/mol. The fourth-order valence-electron chi connectivity index (χ4n) is 2.77. The van der Waals surface area contributed by atoms with E-state index < -0.39 is 11.9 Å². The van der Waals surface area contributed by atoms with Gasteiger partial charge in [0, 0.05) is 24.7 Å². The lowest BCUT2D eigenvalue weighted by Gasteiger charge is -2.23. The van der Waals surface area contributed by atoms with Crippen molar-refractivity contribution in [3.05, 3.63) is 47.2 Å². The number of hydrogen-bond donors (Lipinski definition) is 2. The van der Waals surface area contributed by atoms with Gasteiger partial charge in [0.25, 0.3) is 0 Å². The van der Waals surface area contributed by atoms with E-state index in [1.54, 1.807) is 4.90 Å². The van der Waals surface area contributed by atoms with E-state index in [2.05, 4.69) is 20.6 Å². The van der Waals surface area contributed by atoms with Crippen LogP contribution in [0.25, 0.3) is 0 Å². The highest BCUT2D eigenvalue weighted by molar-refractivity contribution is 7.80. The van der Waals surface area contributed by atoms with Gasteiger partial charge in [-0.05, 0) is 44.1 Å². The zero-order valence-electron chi connectivity index (χ0n) is 15.2. The monoisotopic (exact) mass is 395 g/mol. The summed E-state index contributed by atoms with van der Waals surface area (Å²) < 4.78 is 40.0. The van der Waals surface area contributed by atoms with E-state index in [0.29, 0.717) is 13.1 Å². The van der Waals surface area contributed by atoms with Crippen LogP contribution in [0.2, 0.25) is 0 Å². The second kappa shape index (κ2) is 6.95. The number of fused-ring (bicyclic) bond motifs is 1. The number of aromatic nitrogens is 2. The van der Waals surface area contributed by atoms with Gasteiger partial charge in [-0.2, -0.15) is 18.2 Å². The van der Waals surface area contributed by atoms with E-state index in [1.807, 2.05) is 45.0 Å². The number of nitrogens with zero attached hydrogens (tertiary/aromatic N) is 3. The molecule has 9 heteroatoms. The maximum Gasteiger partial charge on any atom is 0.433 e. The number of thiocarbonyl (C=S) groups is 1. The van der Waals surface area contributed by atoms with Crippen molar-refractivity contribution >= 4 is 29.1 Å². The van der Waals surface area contributed by atoms with Crippen molar-refractivity contribution in [1.82, 2.24) is 15.3 Å². The van der Waals surface area contributed by atoms with Gasteiger partial charge in [-0.1, -0.05) is 24.3 Å². The molecule has 0 spiro atoms. The molecule has 0 amide bonds. The number of nitrogens with one attached hydrogen (secondary N) is 2. The summed E-state index contributed by atoms with van der Waals surface area (Å²) >= 11 is 5.16. The van der Waals surface area contributed by atoms with Crippen LogP contribution in [0.4, 0.5) is 24.9 Å². The SMILES string of the molecule is CC(C)(C)NC(=S)Nc1nc(N2Cc3ccccc3C2)cc(C(F)(F)F)n1. The molecule has 3 rings (SSSR count). The van der Waals surface area contributed by atoms with Crippen LogP contribution in [-0.4, -0.2) is 20.6 Å². The average Bonchev–Trinajstić information content (AvgIpc) is 2.96. The number of hydrogen-bond acceptors (Lipinski definition) is 4. The molecule has 27 heavy (non-hydrogen) atoms. The van der Waals surface area contributed by atoms with Gasteiger partial charge in [0.05, 0.1) is 0 Å². The summed E-state index contributed by atoms with van der Waals surface area (Å²) in [6, 6.07) is 8.71. The van der Waals surface area contributed by atoms with Crippen LogP contribution in [0.3, 0.4) is 0 Å². The van der Waals surface area contributed by atoms with Crippen molar-refractivity contribution in [1.29, 1.82) is 0 Å². The first-order chi connectivity index (χ1) is 12.5. The first kappa shape index (κ1) is 19.3. The van der Waals surface area contributed by atoms with Gasteiger partial charge >= 0.3 is 6.18 Å². The molecule has 1 aromatic carbocycles. The van der Waals surface area contributed by atoms with Crippen molar-refractivity contribution in [2.24, 2.45) is 0 Å². The fraction of sp³-hybridized carbons (Fsp3) is 0.389. The van der Waals surface area contributed by atoms with E-state index in [0.717, 1.165) is 17.2 Å². The van der Waals surface area contributed by atoms with Crippen molar-refractivity contribution < 1.29 is 13.2 Å². The van der Waals surface area contributed by atoms with Crippen LogP contribution in [0.1, 0.15) is 37.6 Å². The molecular weight excluding hydrogens is 375 g/mol. The van der Waals surface area contributed by atoms with Gasteiger partial charge < -0.3 is 15.5 Å². The highest BCUT2D eigenvalue weighted by Gasteiger charge is 2.35. The predicted octanol–water partition coefficient (Wildman–Crippen LogP) is 4.10. The minimum absolute atomic E-state index is 0.164. The largest absolute Gasteiger partial charge is 0.433 e. The third kappa shape index (κ3) is 4.85. The minimum atomic E-state index is -4.58. The fourth-order valence-corrected chi connectivity index (χ4v) is 3.16. The Morgan fingerprint density at radius 2 is 1.67 bits per heavy atom. The third-order valence-corrected chi connectivity index (χ3v) is 4.09. The predicted molar refractivity (Wildman–Crippen MR) is 102 cm³/mol. The van der Waals surface area contributed by atoms with E-state index in [9.17, 15) is 13.2 Å². The Balaban J connectivity index is 1.89. The Kier molecular flexibility index (Phi) is 4.98. The van der Waals surface area contributed by atoms with Crippen LogP contribution >= 0.6 is 12.2 Å². The number of halogens is 3. The summed E-state index contributed by atoms with van der Waals surface area (Å²) in [4.78, 5) is 9.64. The molecule has 1 aliphatic rings. The summed E-state index contributed by atoms with van der Waals surface area (Å²) in [6.07, 6.45) is -4.58. The molecule has 2 heterocycles. The van der Waals surface area contributed by atoms with Gasteiger partial charge in [0.1, 0.15) is 5.82 Å². The zero-order valence-corrected chi connectivity index (χ0v) is 16.0. The Labute approximate surface area is 161 Å². The molecule has 0 fully saturated rings. The molecule has 0 aliphatic carbocycles. The van der Waals surface area contributed by atoms with E-state index in [1.165, 1.54) is 0 Å². The molecule has 1 aromatic heterocycles. The molecule has 0 saturated heterocycles. The lowest BCUT2D eigenvalue weighted by atomic mass is 10.1. The van der Waals surface area contributed by atoms with Gasteiger partial charge in [-0.15, -0.1) is 0 Å². The Morgan fingerprint density at radius 1 is 1.07 bits per heavy atom. The van der Waals surface area contributed by atoms with E-state index in [-0.39, 0.29) is 22.4 Å². The normalized spacial score (nSPS) is 14.1. The maximum atomic E-state index is 13.3. The smallest absolute Gasteiger partial charge is 0.358 e. The second-order valence-electron chi connectivity index (χ2n) is 7.39. The Bertz CT molecular complexity index is 836. The van der Waals surface area contributed by atoms with Crippen LogP contribution in [0.15, 0.2) is 30.3 Å². The molecule has 0 atom stereocenters. The molecule has 0 saturated carbocycles. The summed E-state index contributed by atoms with van der Waals surface area (Å²) in [6.45, 7) is 6.66. The molecule has 5 nitrogen and oxygen atoms in total. The third-order valence-electron chi connectivity index (χ3n) is 3.88. The summed E-state index contributed by atoms with van der Waals surface area (Å²) in [5, 5.41) is 5.81. The summed E-state index contributed by atoms with van der Waals surface area (Å²) in [7, 11) is 0. The molecule has 2 aromatic rings. The standard InChI is InChI=1S/C18H20F3N5S/c1-17(2,3)25-16(27)24-15-22-13(18(19,20)21)8-14(23-15)26-9-11-6-4-5-7-12(11)10-26/h4-8H,9-10H2,1-3H3,(H2,22,23,24,25,27). The number of benzene rings is 1. The lowest BCUT2D eigenvalue weighted by molar-refractivity contribution is -0.141. The molecule has 144 valence electrons. The van der Waals surface area contributed by atoms with Gasteiger partial charge in [0.15, 0.2) is 10.8 Å². The van der Waals surface area contributed by atoms with Crippen LogP contribution in [-0.2, 0) is 19.3 Å². The summed E-state index contributed by atoms with van der Waals surface area (Å²) in [5.74, 6) is 0.0205. The van der Waals surface area contributed by atoms with Crippen molar-refractivity contribution in [2.75, 3.05) is 10.2 Å². The minimum Gasteiger partial charge on any atom is -0.358 e. The van der Waals surface area contributed by atoms with Crippen LogP contribution < -0.4 is 15.5 Å². The number of alkyl halides is 3. The molecule has 2 N–H and O–H groups in total. The summed E-state index contributed by atoms with van der Waals surface area (Å²) in [5.41, 5.74) is 0.795. The molecular formula is C18H20F3N5S. The first-order valence-electron chi connectivity index (χ1n) is 8.38. The van der Waals surface area contributed by atoms with Crippen molar-refractivity contribution in [3.8, 4) is 0 Å². The van der Waals surface area contributed by atoms with Crippen LogP contribution in [0, 0.1) is 0 Å². The molecule has 0 radical (unpaired) electrons. The topological polar surface area (TPSA) is 53.1 Å². The van der Waals surface area contributed by atoms with Gasteiger partial charge in [-0.3, -0.25) is 0 Å². The van der Waals surface area contributed by atoms with E-state index >= 15 is 0 Å². The molecule has 1 aliphatic heterocycles. The molecule has 0 bridgehead atoms. The molecule has 0 unspecified atom stereocenters. The van der Waals surface area contributed by atoms with Crippen LogP contribution in [0.5, 0.6) is 0 Å². The number of anilines is 2. The number of rotatable bonds is 2. The Morgan fingerprint density at radius 3 is 2.19 bits per heavy atom. The van der Waals surface area contributed by atoms with Crippen molar-refractivity contribution in [2.45, 2.75) is 45.6 Å². The lowest BCUT2D eigenvalue weighted by Crippen LogP contribution is -2.43.